The number of thioether (sulfide) groups is 1. The third-order valence-electron chi connectivity index (χ3n) is 5.26. The standard InChI is InChI=1S/C18H28N4O3S2/c1-3-10-22-16(14-7-5-4-6-8-14)20-21-18(22)26-13(2)17(23)19-15-9-11-27(24,25)12-15/h3,13-15H,1,4-12H2,2H3,(H,19,23)/t13-,15+/m0/s1. The van der Waals surface area contributed by atoms with E-state index >= 15 is 0 Å². The Balaban J connectivity index is 1.66. The van der Waals surface area contributed by atoms with Crippen LogP contribution in [-0.2, 0) is 21.2 Å². The Hall–Kier alpha value is -1.35. The van der Waals surface area contributed by atoms with E-state index in [2.05, 4.69) is 26.7 Å². The van der Waals surface area contributed by atoms with Crippen molar-refractivity contribution in [1.29, 1.82) is 0 Å². The second-order valence-corrected chi connectivity index (χ2v) is 11.0. The maximum absolute atomic E-state index is 12.5. The van der Waals surface area contributed by atoms with E-state index in [0.717, 1.165) is 23.8 Å². The van der Waals surface area contributed by atoms with E-state index in [1.54, 1.807) is 0 Å². The van der Waals surface area contributed by atoms with Crippen molar-refractivity contribution in [3.8, 4) is 0 Å². The highest BCUT2D eigenvalue weighted by atomic mass is 32.2. The van der Waals surface area contributed by atoms with E-state index in [9.17, 15) is 13.2 Å². The molecule has 150 valence electrons. The molecule has 2 aliphatic rings. The second-order valence-electron chi connectivity index (χ2n) is 7.44. The molecule has 7 nitrogen and oxygen atoms in total. The van der Waals surface area contributed by atoms with Gasteiger partial charge in [0.05, 0.1) is 16.8 Å². The number of amides is 1. The molecule has 0 radical (unpaired) electrons. The minimum Gasteiger partial charge on any atom is -0.351 e. The van der Waals surface area contributed by atoms with Crippen LogP contribution in [0.4, 0.5) is 0 Å². The molecule has 1 N–H and O–H groups in total. The molecule has 1 aliphatic heterocycles. The lowest BCUT2D eigenvalue weighted by Gasteiger charge is -2.21. The summed E-state index contributed by atoms with van der Waals surface area (Å²) >= 11 is 1.37. The quantitative estimate of drug-likeness (QED) is 0.545. The molecule has 1 aromatic rings. The van der Waals surface area contributed by atoms with Crippen LogP contribution in [0.2, 0.25) is 0 Å². The molecule has 0 spiro atoms. The smallest absolute Gasteiger partial charge is 0.233 e. The number of nitrogens with zero attached hydrogens (tertiary/aromatic N) is 3. The summed E-state index contributed by atoms with van der Waals surface area (Å²) in [6, 6.07) is -0.283. The van der Waals surface area contributed by atoms with Gasteiger partial charge in [-0.1, -0.05) is 37.1 Å². The Bertz CT molecular complexity index is 785. The van der Waals surface area contributed by atoms with Gasteiger partial charge in [0.1, 0.15) is 5.82 Å². The zero-order valence-electron chi connectivity index (χ0n) is 15.8. The van der Waals surface area contributed by atoms with Crippen LogP contribution in [-0.4, -0.2) is 51.9 Å². The van der Waals surface area contributed by atoms with Crippen molar-refractivity contribution >= 4 is 27.5 Å². The van der Waals surface area contributed by atoms with Gasteiger partial charge < -0.3 is 9.88 Å². The number of hydrogen-bond acceptors (Lipinski definition) is 6. The predicted octanol–water partition coefficient (Wildman–Crippen LogP) is 2.30. The van der Waals surface area contributed by atoms with Crippen LogP contribution >= 0.6 is 11.8 Å². The van der Waals surface area contributed by atoms with Gasteiger partial charge in [0.2, 0.25) is 5.91 Å². The summed E-state index contributed by atoms with van der Waals surface area (Å²) in [5.41, 5.74) is 0. The lowest BCUT2D eigenvalue weighted by atomic mass is 9.89. The summed E-state index contributed by atoms with van der Waals surface area (Å²) in [4.78, 5) is 12.5. The molecule has 1 saturated heterocycles. The van der Waals surface area contributed by atoms with Crippen molar-refractivity contribution < 1.29 is 13.2 Å². The molecule has 0 aromatic carbocycles. The summed E-state index contributed by atoms with van der Waals surface area (Å²) in [6.07, 6.45) is 8.30. The highest BCUT2D eigenvalue weighted by molar-refractivity contribution is 8.00. The average molecular weight is 413 g/mol. The van der Waals surface area contributed by atoms with Gasteiger partial charge in [-0.05, 0) is 26.2 Å². The normalized spacial score (nSPS) is 23.8. The van der Waals surface area contributed by atoms with E-state index in [4.69, 9.17) is 0 Å². The van der Waals surface area contributed by atoms with E-state index in [0.29, 0.717) is 18.9 Å². The molecule has 1 amide bonds. The van der Waals surface area contributed by atoms with Gasteiger partial charge in [-0.25, -0.2) is 8.42 Å². The summed E-state index contributed by atoms with van der Waals surface area (Å²) in [5, 5.41) is 12.0. The Morgan fingerprint density at radius 1 is 1.33 bits per heavy atom. The second kappa shape index (κ2) is 8.77. The Kier molecular flexibility index (Phi) is 6.62. The Morgan fingerprint density at radius 2 is 2.07 bits per heavy atom. The fraction of sp³-hybridized carbons (Fsp3) is 0.722. The highest BCUT2D eigenvalue weighted by Crippen LogP contribution is 2.34. The third-order valence-corrected chi connectivity index (χ3v) is 8.11. The first-order valence-corrected chi connectivity index (χ1v) is 12.3. The molecule has 1 aromatic heterocycles. The first kappa shape index (κ1) is 20.4. The van der Waals surface area contributed by atoms with Crippen molar-refractivity contribution in [3.05, 3.63) is 18.5 Å². The maximum atomic E-state index is 12.5. The first-order valence-electron chi connectivity index (χ1n) is 9.61. The fourth-order valence-corrected chi connectivity index (χ4v) is 6.34. The number of sulfone groups is 1. The third kappa shape index (κ3) is 5.13. The van der Waals surface area contributed by atoms with Gasteiger partial charge in [0, 0.05) is 18.5 Å². The van der Waals surface area contributed by atoms with Gasteiger partial charge in [0.15, 0.2) is 15.0 Å². The molecule has 0 bridgehead atoms. The number of rotatable bonds is 7. The molecule has 1 saturated carbocycles. The maximum Gasteiger partial charge on any atom is 0.233 e. The molecule has 2 atom stereocenters. The highest BCUT2D eigenvalue weighted by Gasteiger charge is 2.31. The average Bonchev–Trinajstić information content (AvgIpc) is 3.19. The summed E-state index contributed by atoms with van der Waals surface area (Å²) < 4.78 is 25.2. The van der Waals surface area contributed by atoms with Crippen LogP contribution in [0.25, 0.3) is 0 Å². The van der Waals surface area contributed by atoms with Crippen LogP contribution in [0.1, 0.15) is 57.2 Å². The zero-order chi connectivity index (χ0) is 19.4. The molecule has 9 heteroatoms. The van der Waals surface area contributed by atoms with Crippen LogP contribution in [0, 0.1) is 0 Å². The van der Waals surface area contributed by atoms with Crippen molar-refractivity contribution in [1.82, 2.24) is 20.1 Å². The fourth-order valence-electron chi connectivity index (χ4n) is 3.79. The van der Waals surface area contributed by atoms with Crippen LogP contribution in [0.5, 0.6) is 0 Å². The molecule has 0 unspecified atom stereocenters. The number of hydrogen-bond donors (Lipinski definition) is 1. The molecular weight excluding hydrogens is 384 g/mol. The van der Waals surface area contributed by atoms with Crippen LogP contribution in [0.15, 0.2) is 17.8 Å². The van der Waals surface area contributed by atoms with Gasteiger partial charge in [0.25, 0.3) is 0 Å². The lowest BCUT2D eigenvalue weighted by molar-refractivity contribution is -0.120. The van der Waals surface area contributed by atoms with Gasteiger partial charge >= 0.3 is 0 Å². The Labute approximate surface area is 165 Å². The number of allylic oxidation sites excluding steroid dienone is 1. The monoisotopic (exact) mass is 412 g/mol. The van der Waals surface area contributed by atoms with Crippen molar-refractivity contribution in [2.75, 3.05) is 11.5 Å². The summed E-state index contributed by atoms with van der Waals surface area (Å²) in [5.74, 6) is 1.45. The van der Waals surface area contributed by atoms with E-state index in [-0.39, 0.29) is 28.7 Å². The van der Waals surface area contributed by atoms with Crippen LogP contribution in [0.3, 0.4) is 0 Å². The predicted molar refractivity (Wildman–Crippen MR) is 107 cm³/mol. The minimum atomic E-state index is -3.01. The van der Waals surface area contributed by atoms with Crippen LogP contribution < -0.4 is 5.32 Å². The van der Waals surface area contributed by atoms with Crippen molar-refractivity contribution in [3.63, 3.8) is 0 Å². The summed E-state index contributed by atoms with van der Waals surface area (Å²) in [7, 11) is -3.01. The topological polar surface area (TPSA) is 94.0 Å². The summed E-state index contributed by atoms with van der Waals surface area (Å²) in [6.45, 7) is 6.27. The van der Waals surface area contributed by atoms with Gasteiger partial charge in [-0.15, -0.1) is 16.8 Å². The molecule has 3 rings (SSSR count). The van der Waals surface area contributed by atoms with E-state index in [1.165, 1.54) is 31.0 Å². The van der Waals surface area contributed by atoms with Crippen molar-refractivity contribution in [2.24, 2.45) is 0 Å². The SMILES string of the molecule is C=CCn1c(S[C@@H](C)C(=O)N[C@@H]2CCS(=O)(=O)C2)nnc1C1CCCCC1. The molecule has 1 aliphatic carbocycles. The lowest BCUT2D eigenvalue weighted by Crippen LogP contribution is -2.40. The molecule has 2 fully saturated rings. The number of nitrogens with one attached hydrogen (secondary N) is 1. The zero-order valence-corrected chi connectivity index (χ0v) is 17.4. The number of aromatic nitrogens is 3. The largest absolute Gasteiger partial charge is 0.351 e. The first-order chi connectivity index (χ1) is 12.9. The number of carbonyl (C=O) groups is 1. The molecular formula is C18H28N4O3S2. The Morgan fingerprint density at radius 3 is 2.70 bits per heavy atom. The molecule has 27 heavy (non-hydrogen) atoms. The van der Waals surface area contributed by atoms with Gasteiger partial charge in [-0.2, -0.15) is 0 Å². The number of carbonyl (C=O) groups excluding carboxylic acids is 1. The minimum absolute atomic E-state index is 0.0363. The van der Waals surface area contributed by atoms with E-state index in [1.807, 2.05) is 13.0 Å². The van der Waals surface area contributed by atoms with Gasteiger partial charge in [-0.3, -0.25) is 4.79 Å². The van der Waals surface area contributed by atoms with Crippen molar-refractivity contribution in [2.45, 2.75) is 74.4 Å². The van der Waals surface area contributed by atoms with E-state index < -0.39 is 9.84 Å². The molecule has 2 heterocycles.